The number of nitrogens with one attached hydrogen (secondary N) is 1. The van der Waals surface area contributed by atoms with E-state index < -0.39 is 5.60 Å². The van der Waals surface area contributed by atoms with Crippen LogP contribution in [0.15, 0.2) is 24.3 Å². The molecule has 1 aromatic rings. The standard InChI is InChI=1S/C18H28N2O2S/c1-13-16(9-10-23-13)19-15-8-6-7-14(11-15)12-20(5)17(21)22-18(2,3)4/h6-8,11,13,16,19H,9-10,12H2,1-5H3. The van der Waals surface area contributed by atoms with Gasteiger partial charge in [-0.05, 0) is 50.6 Å². The minimum Gasteiger partial charge on any atom is -0.444 e. The second-order valence-corrected chi connectivity index (χ2v) is 8.64. The summed E-state index contributed by atoms with van der Waals surface area (Å²) in [6.45, 7) is 8.45. The van der Waals surface area contributed by atoms with Crippen molar-refractivity contribution in [1.82, 2.24) is 4.90 Å². The number of anilines is 1. The van der Waals surface area contributed by atoms with Gasteiger partial charge >= 0.3 is 6.09 Å². The highest BCUT2D eigenvalue weighted by molar-refractivity contribution is 8.00. The number of hydrogen-bond acceptors (Lipinski definition) is 4. The van der Waals surface area contributed by atoms with Crippen LogP contribution in [-0.2, 0) is 11.3 Å². The molecule has 1 aromatic carbocycles. The molecule has 5 heteroatoms. The molecule has 0 spiro atoms. The molecule has 1 aliphatic heterocycles. The Morgan fingerprint density at radius 2 is 2.17 bits per heavy atom. The number of thioether (sulfide) groups is 1. The topological polar surface area (TPSA) is 41.6 Å². The summed E-state index contributed by atoms with van der Waals surface area (Å²) in [7, 11) is 1.77. The molecule has 0 bridgehead atoms. The van der Waals surface area contributed by atoms with Gasteiger partial charge in [0.25, 0.3) is 0 Å². The Bertz CT molecular complexity index is 542. The molecular formula is C18H28N2O2S. The Balaban J connectivity index is 1.95. The maximum absolute atomic E-state index is 12.1. The van der Waals surface area contributed by atoms with Crippen LogP contribution in [0, 0.1) is 0 Å². The quantitative estimate of drug-likeness (QED) is 0.887. The molecule has 2 rings (SSSR count). The van der Waals surface area contributed by atoms with Crippen LogP contribution in [0.5, 0.6) is 0 Å². The molecule has 0 aromatic heterocycles. The maximum atomic E-state index is 12.1. The predicted molar refractivity (Wildman–Crippen MR) is 98.1 cm³/mol. The van der Waals surface area contributed by atoms with E-state index in [1.54, 1.807) is 11.9 Å². The Kier molecular flexibility index (Phi) is 5.84. The van der Waals surface area contributed by atoms with Gasteiger partial charge in [0.2, 0.25) is 0 Å². The average Bonchev–Trinajstić information content (AvgIpc) is 2.83. The number of carbonyl (C=O) groups is 1. The van der Waals surface area contributed by atoms with E-state index in [-0.39, 0.29) is 6.09 Å². The minimum absolute atomic E-state index is 0.295. The smallest absolute Gasteiger partial charge is 0.410 e. The van der Waals surface area contributed by atoms with Crippen LogP contribution < -0.4 is 5.32 Å². The van der Waals surface area contributed by atoms with Crippen molar-refractivity contribution in [1.29, 1.82) is 0 Å². The molecule has 1 N–H and O–H groups in total. The Morgan fingerprint density at radius 3 is 2.78 bits per heavy atom. The zero-order chi connectivity index (χ0) is 17.0. The second kappa shape index (κ2) is 7.47. The molecule has 1 heterocycles. The van der Waals surface area contributed by atoms with E-state index in [1.807, 2.05) is 44.7 Å². The normalized spacial score (nSPS) is 21.1. The highest BCUT2D eigenvalue weighted by Gasteiger charge is 2.24. The molecule has 0 saturated carbocycles. The van der Waals surface area contributed by atoms with Gasteiger partial charge in [-0.2, -0.15) is 11.8 Å². The van der Waals surface area contributed by atoms with Crippen LogP contribution >= 0.6 is 11.8 Å². The van der Waals surface area contributed by atoms with E-state index in [0.29, 0.717) is 17.8 Å². The fraction of sp³-hybridized carbons (Fsp3) is 0.611. The molecule has 4 nitrogen and oxygen atoms in total. The van der Waals surface area contributed by atoms with Crippen molar-refractivity contribution in [3.05, 3.63) is 29.8 Å². The van der Waals surface area contributed by atoms with Gasteiger partial charge in [-0.3, -0.25) is 0 Å². The molecule has 128 valence electrons. The van der Waals surface area contributed by atoms with Crippen LogP contribution in [0.3, 0.4) is 0 Å². The monoisotopic (exact) mass is 336 g/mol. The van der Waals surface area contributed by atoms with Crippen molar-refractivity contribution >= 4 is 23.5 Å². The molecule has 1 saturated heterocycles. The van der Waals surface area contributed by atoms with Crippen molar-refractivity contribution in [2.75, 3.05) is 18.1 Å². The lowest BCUT2D eigenvalue weighted by atomic mass is 10.1. The third-order valence-electron chi connectivity index (χ3n) is 3.78. The van der Waals surface area contributed by atoms with E-state index in [9.17, 15) is 4.79 Å². The Hall–Kier alpha value is -1.36. The predicted octanol–water partition coefficient (Wildman–Crippen LogP) is 4.36. The molecule has 2 unspecified atom stereocenters. The highest BCUT2D eigenvalue weighted by atomic mass is 32.2. The van der Waals surface area contributed by atoms with Gasteiger partial charge in [0.15, 0.2) is 0 Å². The van der Waals surface area contributed by atoms with E-state index in [1.165, 1.54) is 12.2 Å². The van der Waals surface area contributed by atoms with Gasteiger partial charge in [0.1, 0.15) is 5.60 Å². The third-order valence-corrected chi connectivity index (χ3v) is 5.11. The van der Waals surface area contributed by atoms with Gasteiger partial charge in [-0.25, -0.2) is 4.79 Å². The molecule has 23 heavy (non-hydrogen) atoms. The summed E-state index contributed by atoms with van der Waals surface area (Å²) in [5.74, 6) is 1.22. The van der Waals surface area contributed by atoms with Crippen LogP contribution in [0.25, 0.3) is 0 Å². The van der Waals surface area contributed by atoms with Crippen molar-refractivity contribution in [3.63, 3.8) is 0 Å². The lowest BCUT2D eigenvalue weighted by molar-refractivity contribution is 0.0285. The van der Waals surface area contributed by atoms with Crippen LogP contribution in [0.4, 0.5) is 10.5 Å². The lowest BCUT2D eigenvalue weighted by Crippen LogP contribution is -2.33. The number of amides is 1. The largest absolute Gasteiger partial charge is 0.444 e. The Morgan fingerprint density at radius 1 is 1.43 bits per heavy atom. The van der Waals surface area contributed by atoms with E-state index in [4.69, 9.17) is 4.74 Å². The molecule has 1 amide bonds. The summed E-state index contributed by atoms with van der Waals surface area (Å²) in [4.78, 5) is 13.7. The summed E-state index contributed by atoms with van der Waals surface area (Å²) in [6.07, 6.45) is 0.908. The lowest BCUT2D eigenvalue weighted by Gasteiger charge is -2.25. The third kappa shape index (κ3) is 5.65. The number of hydrogen-bond donors (Lipinski definition) is 1. The first kappa shape index (κ1) is 18.0. The summed E-state index contributed by atoms with van der Waals surface area (Å²) in [5.41, 5.74) is 1.76. The van der Waals surface area contributed by atoms with Gasteiger partial charge in [-0.1, -0.05) is 19.1 Å². The zero-order valence-electron chi connectivity index (χ0n) is 14.8. The molecule has 1 fully saturated rings. The molecular weight excluding hydrogens is 308 g/mol. The number of carbonyl (C=O) groups excluding carboxylic acids is 1. The first-order valence-corrected chi connectivity index (χ1v) is 9.21. The van der Waals surface area contributed by atoms with Crippen molar-refractivity contribution in [2.24, 2.45) is 0 Å². The van der Waals surface area contributed by atoms with Crippen LogP contribution in [0.1, 0.15) is 39.7 Å². The minimum atomic E-state index is -0.467. The highest BCUT2D eigenvalue weighted by Crippen LogP contribution is 2.29. The van der Waals surface area contributed by atoms with Crippen LogP contribution in [0.2, 0.25) is 0 Å². The molecule has 1 aliphatic rings. The van der Waals surface area contributed by atoms with Gasteiger partial charge in [0.05, 0.1) is 0 Å². The summed E-state index contributed by atoms with van der Waals surface area (Å²) >= 11 is 2.02. The number of ether oxygens (including phenoxy) is 1. The molecule has 0 radical (unpaired) electrons. The van der Waals surface area contributed by atoms with E-state index in [2.05, 4.69) is 24.4 Å². The van der Waals surface area contributed by atoms with Gasteiger partial charge in [-0.15, -0.1) is 0 Å². The van der Waals surface area contributed by atoms with Crippen molar-refractivity contribution < 1.29 is 9.53 Å². The van der Waals surface area contributed by atoms with Crippen molar-refractivity contribution in [3.8, 4) is 0 Å². The number of nitrogens with zero attached hydrogens (tertiary/aromatic N) is 1. The van der Waals surface area contributed by atoms with E-state index >= 15 is 0 Å². The van der Waals surface area contributed by atoms with Gasteiger partial charge < -0.3 is 15.0 Å². The first-order valence-electron chi connectivity index (χ1n) is 8.16. The second-order valence-electron chi connectivity index (χ2n) is 7.15. The maximum Gasteiger partial charge on any atom is 0.410 e. The number of benzene rings is 1. The van der Waals surface area contributed by atoms with Crippen LogP contribution in [-0.4, -0.2) is 40.7 Å². The average molecular weight is 337 g/mol. The summed E-state index contributed by atoms with van der Waals surface area (Å²) < 4.78 is 5.39. The fourth-order valence-electron chi connectivity index (χ4n) is 2.57. The van der Waals surface area contributed by atoms with E-state index in [0.717, 1.165) is 11.3 Å². The summed E-state index contributed by atoms with van der Waals surface area (Å²) in [6, 6.07) is 8.81. The van der Waals surface area contributed by atoms with Gasteiger partial charge in [0, 0.05) is 30.6 Å². The number of rotatable bonds is 4. The fourth-order valence-corrected chi connectivity index (χ4v) is 3.77. The first-order chi connectivity index (χ1) is 10.7. The Labute approximate surface area is 144 Å². The summed E-state index contributed by atoms with van der Waals surface area (Å²) in [5, 5.41) is 4.26. The molecule has 0 aliphatic carbocycles. The SMILES string of the molecule is CC1SCCC1Nc1cccc(CN(C)C(=O)OC(C)(C)C)c1. The zero-order valence-corrected chi connectivity index (χ0v) is 15.6. The van der Waals surface area contributed by atoms with Crippen molar-refractivity contribution in [2.45, 2.75) is 57.6 Å². The molecule has 2 atom stereocenters.